The molecule has 1 aromatic carbocycles. The minimum atomic E-state index is -0.947. The fraction of sp³-hybridized carbons (Fsp3) is 0.333. The lowest BCUT2D eigenvalue weighted by atomic mass is 10.1. The summed E-state index contributed by atoms with van der Waals surface area (Å²) in [6.07, 6.45) is 0. The van der Waals surface area contributed by atoms with Crippen LogP contribution in [0.4, 0.5) is 4.79 Å². The predicted molar refractivity (Wildman–Crippen MR) is 61.8 cm³/mol. The summed E-state index contributed by atoms with van der Waals surface area (Å²) in [5.41, 5.74) is 1.09. The summed E-state index contributed by atoms with van der Waals surface area (Å²) in [7, 11) is 1.76. The van der Waals surface area contributed by atoms with Gasteiger partial charge in [-0.1, -0.05) is 12.1 Å². The van der Waals surface area contributed by atoms with Gasteiger partial charge in [-0.3, -0.25) is 0 Å². The van der Waals surface area contributed by atoms with E-state index >= 15 is 0 Å². The first kappa shape index (κ1) is 11.4. The Morgan fingerprint density at radius 2 is 2.18 bits per heavy atom. The lowest BCUT2D eigenvalue weighted by Gasteiger charge is -2.16. The van der Waals surface area contributed by atoms with Crippen LogP contribution in [0.15, 0.2) is 24.3 Å². The van der Waals surface area contributed by atoms with Crippen molar-refractivity contribution in [2.24, 2.45) is 0 Å². The summed E-state index contributed by atoms with van der Waals surface area (Å²) >= 11 is 0. The number of likely N-dealkylation sites (N-methyl/N-ethyl adjacent to an activating group) is 1. The van der Waals surface area contributed by atoms with E-state index in [2.05, 4.69) is 0 Å². The van der Waals surface area contributed by atoms with Crippen LogP contribution in [0.2, 0.25) is 0 Å². The van der Waals surface area contributed by atoms with Crippen LogP contribution in [-0.2, 0) is 6.54 Å². The summed E-state index contributed by atoms with van der Waals surface area (Å²) in [6.45, 7) is 1.87. The molecule has 90 valence electrons. The van der Waals surface area contributed by atoms with Crippen molar-refractivity contribution < 1.29 is 14.7 Å². The maximum Gasteiger partial charge on any atom is 0.335 e. The Kier molecular flexibility index (Phi) is 2.99. The normalized spacial score (nSPS) is 15.5. The number of rotatable bonds is 3. The van der Waals surface area contributed by atoms with Gasteiger partial charge in [-0.05, 0) is 17.7 Å². The summed E-state index contributed by atoms with van der Waals surface area (Å²) in [4.78, 5) is 25.8. The monoisotopic (exact) mass is 234 g/mol. The third kappa shape index (κ3) is 2.38. The SMILES string of the molecule is CN1CCN(Cc2cccc(C(=O)O)c2)C1=O. The van der Waals surface area contributed by atoms with Gasteiger partial charge < -0.3 is 14.9 Å². The van der Waals surface area contributed by atoms with E-state index in [4.69, 9.17) is 5.11 Å². The van der Waals surface area contributed by atoms with E-state index in [9.17, 15) is 9.59 Å². The number of carbonyl (C=O) groups is 2. The van der Waals surface area contributed by atoms with Crippen LogP contribution >= 0.6 is 0 Å². The molecule has 0 bridgehead atoms. The van der Waals surface area contributed by atoms with Gasteiger partial charge in [-0.2, -0.15) is 0 Å². The van der Waals surface area contributed by atoms with Gasteiger partial charge in [0.25, 0.3) is 0 Å². The molecular formula is C12H14N2O3. The third-order valence-corrected chi connectivity index (χ3v) is 2.85. The molecule has 0 saturated carbocycles. The first-order chi connectivity index (χ1) is 8.08. The topological polar surface area (TPSA) is 60.9 Å². The quantitative estimate of drug-likeness (QED) is 0.856. The number of nitrogens with zero attached hydrogens (tertiary/aromatic N) is 2. The molecule has 1 N–H and O–H groups in total. The number of carboxylic acids is 1. The van der Waals surface area contributed by atoms with Crippen molar-refractivity contribution in [1.82, 2.24) is 9.80 Å². The van der Waals surface area contributed by atoms with E-state index in [0.717, 1.165) is 12.1 Å². The Hall–Kier alpha value is -2.04. The number of carboxylic acid groups (broad SMARTS) is 1. The molecule has 2 amide bonds. The fourth-order valence-electron chi connectivity index (χ4n) is 1.87. The van der Waals surface area contributed by atoms with Gasteiger partial charge in [0.15, 0.2) is 0 Å². The van der Waals surface area contributed by atoms with E-state index in [1.54, 1.807) is 35.0 Å². The van der Waals surface area contributed by atoms with Crippen molar-refractivity contribution in [1.29, 1.82) is 0 Å². The van der Waals surface area contributed by atoms with Crippen LogP contribution in [0.25, 0.3) is 0 Å². The molecule has 1 saturated heterocycles. The van der Waals surface area contributed by atoms with Gasteiger partial charge in [0.1, 0.15) is 0 Å². The highest BCUT2D eigenvalue weighted by Gasteiger charge is 2.25. The van der Waals surface area contributed by atoms with E-state index in [0.29, 0.717) is 13.1 Å². The van der Waals surface area contributed by atoms with Crippen LogP contribution < -0.4 is 0 Å². The van der Waals surface area contributed by atoms with Crippen LogP contribution in [0.3, 0.4) is 0 Å². The first-order valence-corrected chi connectivity index (χ1v) is 5.40. The summed E-state index contributed by atoms with van der Waals surface area (Å²) in [5.74, 6) is -0.947. The first-order valence-electron chi connectivity index (χ1n) is 5.40. The highest BCUT2D eigenvalue weighted by molar-refractivity contribution is 5.87. The average molecular weight is 234 g/mol. The minimum absolute atomic E-state index is 0.00859. The molecule has 5 heteroatoms. The molecule has 0 atom stereocenters. The summed E-state index contributed by atoms with van der Waals surface area (Å²) < 4.78 is 0. The number of hydrogen-bond acceptors (Lipinski definition) is 2. The maximum absolute atomic E-state index is 11.7. The molecule has 0 aromatic heterocycles. The number of hydrogen-bond donors (Lipinski definition) is 1. The molecule has 0 spiro atoms. The number of amides is 2. The molecule has 5 nitrogen and oxygen atoms in total. The standard InChI is InChI=1S/C12H14N2O3/c1-13-5-6-14(12(13)17)8-9-3-2-4-10(7-9)11(15)16/h2-4,7H,5-6,8H2,1H3,(H,15,16). The van der Waals surface area contributed by atoms with Crippen molar-refractivity contribution >= 4 is 12.0 Å². The third-order valence-electron chi connectivity index (χ3n) is 2.85. The van der Waals surface area contributed by atoms with Crippen molar-refractivity contribution in [3.05, 3.63) is 35.4 Å². The van der Waals surface area contributed by atoms with E-state index in [-0.39, 0.29) is 11.6 Å². The smallest absolute Gasteiger partial charge is 0.335 e. The van der Waals surface area contributed by atoms with Gasteiger partial charge in [0.2, 0.25) is 0 Å². The number of benzene rings is 1. The number of carbonyl (C=O) groups excluding carboxylic acids is 1. The fourth-order valence-corrected chi connectivity index (χ4v) is 1.87. The Labute approximate surface area is 99.3 Å². The Morgan fingerprint density at radius 3 is 2.76 bits per heavy atom. The van der Waals surface area contributed by atoms with Crippen LogP contribution in [0.1, 0.15) is 15.9 Å². The van der Waals surface area contributed by atoms with E-state index in [1.807, 2.05) is 6.07 Å². The van der Waals surface area contributed by atoms with E-state index < -0.39 is 5.97 Å². The number of aromatic carboxylic acids is 1. The highest BCUT2D eigenvalue weighted by atomic mass is 16.4. The van der Waals surface area contributed by atoms with Crippen LogP contribution in [0.5, 0.6) is 0 Å². The van der Waals surface area contributed by atoms with Gasteiger partial charge >= 0.3 is 12.0 Å². The lowest BCUT2D eigenvalue weighted by molar-refractivity contribution is 0.0696. The molecule has 1 aliphatic heterocycles. The van der Waals surface area contributed by atoms with Gasteiger partial charge in [0, 0.05) is 26.7 Å². The van der Waals surface area contributed by atoms with Crippen molar-refractivity contribution in [3.63, 3.8) is 0 Å². The average Bonchev–Trinajstić information content (AvgIpc) is 2.61. The second kappa shape index (κ2) is 4.45. The number of urea groups is 1. The molecule has 0 aliphatic carbocycles. The highest BCUT2D eigenvalue weighted by Crippen LogP contribution is 2.13. The predicted octanol–water partition coefficient (Wildman–Crippen LogP) is 1.25. The van der Waals surface area contributed by atoms with Crippen LogP contribution in [-0.4, -0.2) is 47.0 Å². The largest absolute Gasteiger partial charge is 0.478 e. The van der Waals surface area contributed by atoms with Crippen molar-refractivity contribution in [3.8, 4) is 0 Å². The summed E-state index contributed by atoms with van der Waals surface area (Å²) in [6, 6.07) is 6.67. The second-order valence-electron chi connectivity index (χ2n) is 4.13. The van der Waals surface area contributed by atoms with Crippen LogP contribution in [0, 0.1) is 0 Å². The molecule has 17 heavy (non-hydrogen) atoms. The zero-order valence-corrected chi connectivity index (χ0v) is 9.59. The lowest BCUT2D eigenvalue weighted by Crippen LogP contribution is -2.28. The Morgan fingerprint density at radius 1 is 1.41 bits per heavy atom. The zero-order valence-electron chi connectivity index (χ0n) is 9.59. The second-order valence-corrected chi connectivity index (χ2v) is 4.13. The minimum Gasteiger partial charge on any atom is -0.478 e. The van der Waals surface area contributed by atoms with Gasteiger partial charge in [-0.15, -0.1) is 0 Å². The Bertz CT molecular complexity index is 459. The summed E-state index contributed by atoms with van der Waals surface area (Å²) in [5, 5.41) is 8.88. The van der Waals surface area contributed by atoms with Gasteiger partial charge in [-0.25, -0.2) is 9.59 Å². The molecule has 0 unspecified atom stereocenters. The molecule has 1 aromatic rings. The molecule has 1 heterocycles. The molecule has 2 rings (SSSR count). The maximum atomic E-state index is 11.7. The van der Waals surface area contributed by atoms with Crippen molar-refractivity contribution in [2.75, 3.05) is 20.1 Å². The van der Waals surface area contributed by atoms with Gasteiger partial charge in [0.05, 0.1) is 5.56 Å². The van der Waals surface area contributed by atoms with E-state index in [1.165, 1.54) is 0 Å². The molecule has 0 radical (unpaired) electrons. The van der Waals surface area contributed by atoms with Crippen molar-refractivity contribution in [2.45, 2.75) is 6.54 Å². The molecule has 1 aliphatic rings. The Balaban J connectivity index is 2.11. The molecule has 1 fully saturated rings. The molecular weight excluding hydrogens is 220 g/mol. The zero-order chi connectivity index (χ0) is 12.4.